The van der Waals surface area contributed by atoms with Gasteiger partial charge in [-0.05, 0) is 41.1 Å². The summed E-state index contributed by atoms with van der Waals surface area (Å²) in [4.78, 5) is 40.4. The molecule has 0 rings (SSSR count). The van der Waals surface area contributed by atoms with E-state index in [4.69, 9.17) is 9.79 Å². The molecule has 0 fully saturated rings. The SMILES string of the molecule is CN(C)CCCC(O)(P(=O)([O-])[O-])P(=O)(O)O.[Na+].[Na+]. The first-order valence-corrected chi connectivity index (χ1v) is 7.52. The van der Waals surface area contributed by atoms with Gasteiger partial charge >= 0.3 is 66.7 Å². The van der Waals surface area contributed by atoms with Crippen molar-refractivity contribution in [2.24, 2.45) is 0 Å². The Kier molecular flexibility index (Phi) is 13.0. The van der Waals surface area contributed by atoms with Gasteiger partial charge in [0.2, 0.25) is 0 Å². The van der Waals surface area contributed by atoms with Gasteiger partial charge in [-0.25, -0.2) is 0 Å². The smallest absolute Gasteiger partial charge is 0.808 e. The molecule has 8 nitrogen and oxygen atoms in total. The van der Waals surface area contributed by atoms with Gasteiger partial charge in [0, 0.05) is 0 Å². The molecule has 1 unspecified atom stereocenters. The van der Waals surface area contributed by atoms with Crippen molar-refractivity contribution in [2.75, 3.05) is 20.6 Å². The molecule has 1 atom stereocenters. The van der Waals surface area contributed by atoms with Crippen LogP contribution in [-0.2, 0) is 9.13 Å². The quantitative estimate of drug-likeness (QED) is 0.323. The van der Waals surface area contributed by atoms with E-state index in [1.807, 2.05) is 0 Å². The molecule has 98 valence electrons. The van der Waals surface area contributed by atoms with Crippen LogP contribution in [0.15, 0.2) is 0 Å². The van der Waals surface area contributed by atoms with Crippen LogP contribution in [0.25, 0.3) is 0 Å². The molecule has 18 heavy (non-hydrogen) atoms. The molecule has 0 amide bonds. The summed E-state index contributed by atoms with van der Waals surface area (Å²) >= 11 is 0. The predicted molar refractivity (Wildman–Crippen MR) is 52.4 cm³/mol. The summed E-state index contributed by atoms with van der Waals surface area (Å²) in [5, 5.41) is 5.82. The maximum Gasteiger partial charge on any atom is 1.00 e. The molecular formula is C6H15NNa2O7P2. The van der Waals surface area contributed by atoms with Gasteiger partial charge in [-0.1, -0.05) is 0 Å². The number of hydrogen-bond acceptors (Lipinski definition) is 6. The predicted octanol–water partition coefficient (Wildman–Crippen LogP) is -7.93. The fourth-order valence-electron chi connectivity index (χ4n) is 1.07. The van der Waals surface area contributed by atoms with E-state index in [-0.39, 0.29) is 65.5 Å². The Balaban J connectivity index is -0.00000112. The summed E-state index contributed by atoms with van der Waals surface area (Å²) in [7, 11) is -7.90. The molecule has 0 aromatic carbocycles. The van der Waals surface area contributed by atoms with Crippen molar-refractivity contribution in [1.82, 2.24) is 4.90 Å². The molecule has 0 aliphatic carbocycles. The van der Waals surface area contributed by atoms with Gasteiger partial charge in [0.05, 0.1) is 0 Å². The third kappa shape index (κ3) is 7.29. The zero-order valence-corrected chi connectivity index (χ0v) is 16.7. The summed E-state index contributed by atoms with van der Waals surface area (Å²) in [5.41, 5.74) is 0. The van der Waals surface area contributed by atoms with Gasteiger partial charge in [-0.15, -0.1) is 0 Å². The summed E-state index contributed by atoms with van der Waals surface area (Å²) in [6, 6.07) is 0. The Labute approximate surface area is 150 Å². The second-order valence-corrected chi connectivity index (χ2v) is 7.64. The van der Waals surface area contributed by atoms with Gasteiger partial charge in [-0.2, -0.15) is 0 Å². The Morgan fingerprint density at radius 1 is 1.17 bits per heavy atom. The van der Waals surface area contributed by atoms with Gasteiger partial charge < -0.3 is 34.1 Å². The number of hydrogen-bond donors (Lipinski definition) is 3. The van der Waals surface area contributed by atoms with Crippen LogP contribution in [0.5, 0.6) is 0 Å². The van der Waals surface area contributed by atoms with Crippen molar-refractivity contribution in [1.29, 1.82) is 0 Å². The monoisotopic (exact) mass is 321 g/mol. The minimum Gasteiger partial charge on any atom is -0.808 e. The van der Waals surface area contributed by atoms with Crippen LogP contribution in [0.3, 0.4) is 0 Å². The first-order chi connectivity index (χ1) is 6.92. The Bertz CT molecular complexity index is 306. The van der Waals surface area contributed by atoms with E-state index in [1.54, 1.807) is 19.0 Å². The fraction of sp³-hybridized carbons (Fsp3) is 1.00. The average Bonchev–Trinajstić information content (AvgIpc) is 1.98. The van der Waals surface area contributed by atoms with E-state index >= 15 is 0 Å². The van der Waals surface area contributed by atoms with Gasteiger partial charge in [0.1, 0.15) is 0 Å². The Morgan fingerprint density at radius 2 is 1.56 bits per heavy atom. The molecule has 0 aromatic rings. The largest absolute Gasteiger partial charge is 1.00 e. The summed E-state index contributed by atoms with van der Waals surface area (Å²) < 4.78 is 21.5. The van der Waals surface area contributed by atoms with Crippen LogP contribution < -0.4 is 68.9 Å². The Hall–Kier alpha value is 2.22. The second kappa shape index (κ2) is 9.28. The minimum atomic E-state index is -5.80. The van der Waals surface area contributed by atoms with Crippen LogP contribution in [0.2, 0.25) is 0 Å². The second-order valence-electron chi connectivity index (χ2n) is 3.72. The Morgan fingerprint density at radius 3 is 1.78 bits per heavy atom. The van der Waals surface area contributed by atoms with Crippen LogP contribution >= 0.6 is 15.2 Å². The fourth-order valence-corrected chi connectivity index (χ4v) is 3.23. The molecule has 0 aliphatic rings. The number of nitrogens with zero attached hydrogens (tertiary/aromatic N) is 1. The molecule has 0 radical (unpaired) electrons. The maximum atomic E-state index is 10.8. The van der Waals surface area contributed by atoms with Gasteiger partial charge in [-0.3, -0.25) is 4.57 Å². The molecule has 12 heteroatoms. The zero-order valence-electron chi connectivity index (χ0n) is 10.9. The molecule has 0 saturated carbocycles. The summed E-state index contributed by atoms with van der Waals surface area (Å²) in [6.45, 7) is 0.294. The van der Waals surface area contributed by atoms with E-state index < -0.39 is 26.7 Å². The molecule has 3 N–H and O–H groups in total. The maximum absolute atomic E-state index is 10.8. The van der Waals surface area contributed by atoms with Gasteiger partial charge in [0.15, 0.2) is 5.08 Å². The van der Waals surface area contributed by atoms with Crippen LogP contribution in [0, 0.1) is 0 Å². The van der Waals surface area contributed by atoms with E-state index in [0.29, 0.717) is 6.54 Å². The van der Waals surface area contributed by atoms with Crippen LogP contribution in [0.1, 0.15) is 12.8 Å². The molecule has 0 spiro atoms. The number of aliphatic hydroxyl groups is 1. The van der Waals surface area contributed by atoms with Crippen LogP contribution in [0.4, 0.5) is 0 Å². The molecule has 0 aliphatic heterocycles. The molecule has 0 saturated heterocycles. The van der Waals surface area contributed by atoms with Crippen molar-refractivity contribution in [3.05, 3.63) is 0 Å². The average molecular weight is 321 g/mol. The molecular weight excluding hydrogens is 306 g/mol. The first kappa shape index (κ1) is 25.2. The molecule has 0 heterocycles. The van der Waals surface area contributed by atoms with Crippen LogP contribution in [-0.4, -0.2) is 45.5 Å². The van der Waals surface area contributed by atoms with Crippen molar-refractivity contribution in [3.63, 3.8) is 0 Å². The topological polar surface area (TPSA) is 144 Å². The van der Waals surface area contributed by atoms with Gasteiger partial charge in [0.25, 0.3) is 0 Å². The third-order valence-electron chi connectivity index (χ3n) is 2.02. The van der Waals surface area contributed by atoms with E-state index in [9.17, 15) is 24.0 Å². The van der Waals surface area contributed by atoms with Crippen molar-refractivity contribution >= 4 is 15.2 Å². The third-order valence-corrected chi connectivity index (χ3v) is 5.80. The molecule has 0 bridgehead atoms. The van der Waals surface area contributed by atoms with Crippen molar-refractivity contribution in [2.45, 2.75) is 17.9 Å². The standard InChI is InChI=1S/C6H17NO7P2.2Na/c1-7(2)5-3-4-6(8,15(9,10)11)16(12,13)14;;/h8H,3-5H2,1-2H3,(H2,9,10,11)(H2,12,13,14);;/q;2*+1/p-2. The van der Waals surface area contributed by atoms with E-state index in [2.05, 4.69) is 0 Å². The summed E-state index contributed by atoms with van der Waals surface area (Å²) in [5.74, 6) is 0. The molecule has 0 aromatic heterocycles. The zero-order chi connectivity index (χ0) is 13.2. The minimum absolute atomic E-state index is 0. The van der Waals surface area contributed by atoms with E-state index in [0.717, 1.165) is 0 Å². The normalized spacial score (nSPS) is 15.6. The first-order valence-electron chi connectivity index (χ1n) is 4.37. The summed E-state index contributed by atoms with van der Waals surface area (Å²) in [6.07, 6.45) is -0.817. The van der Waals surface area contributed by atoms with Crippen molar-refractivity contribution in [3.8, 4) is 0 Å². The van der Waals surface area contributed by atoms with Crippen molar-refractivity contribution < 1.29 is 92.9 Å². The van der Waals surface area contributed by atoms with E-state index in [1.165, 1.54) is 0 Å². The number of rotatable bonds is 6.